The average Bonchev–Trinajstić information content (AvgIpc) is 3.00. The summed E-state index contributed by atoms with van der Waals surface area (Å²) >= 11 is 0. The molecular formula is C19H20N4O2. The van der Waals surface area contributed by atoms with E-state index in [1.807, 2.05) is 36.4 Å². The van der Waals surface area contributed by atoms with Gasteiger partial charge in [0.15, 0.2) is 0 Å². The van der Waals surface area contributed by atoms with E-state index in [-0.39, 0.29) is 5.41 Å². The van der Waals surface area contributed by atoms with Crippen molar-refractivity contribution < 1.29 is 9.53 Å². The largest absolute Gasteiger partial charge is 0.418 e. The molecule has 0 unspecified atom stereocenters. The molecule has 1 aromatic carbocycles. The second-order valence-corrected chi connectivity index (χ2v) is 6.61. The Hall–Kier alpha value is -3.15. The molecule has 2 heterocycles. The van der Waals surface area contributed by atoms with Crippen molar-refractivity contribution in [2.75, 3.05) is 5.32 Å². The van der Waals surface area contributed by atoms with Crippen molar-refractivity contribution in [3.05, 3.63) is 66.6 Å². The fourth-order valence-corrected chi connectivity index (χ4v) is 2.24. The molecule has 3 rings (SSSR count). The Morgan fingerprint density at radius 1 is 1.08 bits per heavy atom. The lowest BCUT2D eigenvalue weighted by atomic mass is 9.92. The lowest BCUT2D eigenvalue weighted by molar-refractivity contribution is 0.215. The van der Waals surface area contributed by atoms with Gasteiger partial charge in [-0.25, -0.2) is 9.48 Å². The third-order valence-corrected chi connectivity index (χ3v) is 3.57. The zero-order chi connectivity index (χ0) is 17.9. The Kier molecular flexibility index (Phi) is 4.52. The number of hydrogen-bond donors (Lipinski definition) is 1. The van der Waals surface area contributed by atoms with Crippen LogP contribution in [0.2, 0.25) is 0 Å². The minimum Gasteiger partial charge on any atom is -0.410 e. The first-order valence-electron chi connectivity index (χ1n) is 7.98. The maximum atomic E-state index is 12.2. The normalized spacial score (nSPS) is 11.2. The van der Waals surface area contributed by atoms with Crippen LogP contribution in [0.3, 0.4) is 0 Å². The van der Waals surface area contributed by atoms with Crippen molar-refractivity contribution in [3.63, 3.8) is 0 Å². The van der Waals surface area contributed by atoms with Gasteiger partial charge in [0.05, 0.1) is 11.4 Å². The molecule has 3 aromatic rings. The van der Waals surface area contributed by atoms with Gasteiger partial charge in [0, 0.05) is 23.9 Å². The van der Waals surface area contributed by atoms with Gasteiger partial charge in [-0.2, -0.15) is 5.10 Å². The monoisotopic (exact) mass is 336 g/mol. The van der Waals surface area contributed by atoms with Crippen LogP contribution < -0.4 is 10.1 Å². The van der Waals surface area contributed by atoms with Crippen LogP contribution >= 0.6 is 0 Å². The standard InChI is InChI=1S/C19H20N4O2/c1-19(2,3)16-13-17(23(22-16)14-9-11-20-12-10-14)21-18(24)25-15-7-5-4-6-8-15/h4-13H,1-3H3,(H,21,24). The molecule has 0 aliphatic heterocycles. The summed E-state index contributed by atoms with van der Waals surface area (Å²) in [6.07, 6.45) is 2.79. The van der Waals surface area contributed by atoms with Gasteiger partial charge in [0.1, 0.15) is 11.6 Å². The molecule has 25 heavy (non-hydrogen) atoms. The Morgan fingerprint density at radius 3 is 2.40 bits per heavy atom. The summed E-state index contributed by atoms with van der Waals surface area (Å²) in [6, 6.07) is 14.4. The maximum absolute atomic E-state index is 12.2. The van der Waals surface area contributed by atoms with Crippen molar-refractivity contribution in [3.8, 4) is 11.4 Å². The Bertz CT molecular complexity index is 852. The molecule has 0 saturated heterocycles. The van der Waals surface area contributed by atoms with Crippen LogP contribution in [0.1, 0.15) is 26.5 Å². The van der Waals surface area contributed by atoms with Crippen LogP contribution in [-0.2, 0) is 5.41 Å². The summed E-state index contributed by atoms with van der Waals surface area (Å²) in [7, 11) is 0. The number of benzene rings is 1. The zero-order valence-corrected chi connectivity index (χ0v) is 14.4. The minimum absolute atomic E-state index is 0.155. The highest BCUT2D eigenvalue weighted by Gasteiger charge is 2.21. The second-order valence-electron chi connectivity index (χ2n) is 6.61. The topological polar surface area (TPSA) is 69.0 Å². The first-order valence-corrected chi connectivity index (χ1v) is 7.98. The molecular weight excluding hydrogens is 316 g/mol. The van der Waals surface area contributed by atoms with Crippen LogP contribution in [0.15, 0.2) is 60.9 Å². The van der Waals surface area contributed by atoms with Gasteiger partial charge < -0.3 is 4.74 Å². The predicted octanol–water partition coefficient (Wildman–Crippen LogP) is 4.18. The first kappa shape index (κ1) is 16.7. The van der Waals surface area contributed by atoms with Gasteiger partial charge in [0.25, 0.3) is 0 Å². The number of para-hydroxylation sites is 1. The predicted molar refractivity (Wildman–Crippen MR) is 96.1 cm³/mol. The molecule has 0 fully saturated rings. The van der Waals surface area contributed by atoms with Crippen LogP contribution in [0.4, 0.5) is 10.6 Å². The van der Waals surface area contributed by atoms with E-state index in [0.717, 1.165) is 11.4 Å². The number of hydrogen-bond acceptors (Lipinski definition) is 4. The molecule has 0 atom stereocenters. The van der Waals surface area contributed by atoms with Crippen molar-refractivity contribution in [2.45, 2.75) is 26.2 Å². The summed E-state index contributed by atoms with van der Waals surface area (Å²) in [5, 5.41) is 7.40. The zero-order valence-electron chi connectivity index (χ0n) is 14.4. The Balaban J connectivity index is 1.89. The molecule has 0 aliphatic rings. The number of aromatic nitrogens is 3. The van der Waals surface area contributed by atoms with E-state index >= 15 is 0 Å². The quantitative estimate of drug-likeness (QED) is 0.779. The van der Waals surface area contributed by atoms with Gasteiger partial charge in [-0.1, -0.05) is 39.0 Å². The Morgan fingerprint density at radius 2 is 1.76 bits per heavy atom. The molecule has 0 bridgehead atoms. The maximum Gasteiger partial charge on any atom is 0.418 e. The highest BCUT2D eigenvalue weighted by Crippen LogP contribution is 2.26. The van der Waals surface area contributed by atoms with Gasteiger partial charge in [-0.05, 0) is 24.3 Å². The number of ether oxygens (including phenoxy) is 1. The molecule has 6 heteroatoms. The van der Waals surface area contributed by atoms with Gasteiger partial charge in [0.2, 0.25) is 0 Å². The van der Waals surface area contributed by atoms with Crippen molar-refractivity contribution in [1.29, 1.82) is 0 Å². The summed E-state index contributed by atoms with van der Waals surface area (Å²) in [5.74, 6) is 1.02. The molecule has 6 nitrogen and oxygen atoms in total. The minimum atomic E-state index is -0.568. The van der Waals surface area contributed by atoms with E-state index < -0.39 is 6.09 Å². The van der Waals surface area contributed by atoms with Crippen molar-refractivity contribution in [1.82, 2.24) is 14.8 Å². The number of amides is 1. The SMILES string of the molecule is CC(C)(C)c1cc(NC(=O)Oc2ccccc2)n(-c2ccncc2)n1. The number of pyridine rings is 1. The molecule has 1 amide bonds. The number of rotatable bonds is 3. The summed E-state index contributed by atoms with van der Waals surface area (Å²) in [5.41, 5.74) is 1.51. The molecule has 1 N–H and O–H groups in total. The van der Waals surface area contributed by atoms with Crippen LogP contribution in [0.5, 0.6) is 5.75 Å². The van der Waals surface area contributed by atoms with Gasteiger partial charge in [-0.15, -0.1) is 0 Å². The average molecular weight is 336 g/mol. The fourth-order valence-electron chi connectivity index (χ4n) is 2.24. The van der Waals surface area contributed by atoms with Crippen LogP contribution in [0, 0.1) is 0 Å². The molecule has 0 saturated carbocycles. The summed E-state index contributed by atoms with van der Waals surface area (Å²) in [6.45, 7) is 6.20. The summed E-state index contributed by atoms with van der Waals surface area (Å²) < 4.78 is 6.98. The highest BCUT2D eigenvalue weighted by atomic mass is 16.6. The molecule has 0 aliphatic carbocycles. The number of nitrogens with one attached hydrogen (secondary N) is 1. The van der Waals surface area contributed by atoms with Crippen molar-refractivity contribution >= 4 is 11.9 Å². The van der Waals surface area contributed by atoms with E-state index in [2.05, 4.69) is 36.2 Å². The Labute approximate surface area is 146 Å². The second kappa shape index (κ2) is 6.76. The highest BCUT2D eigenvalue weighted by molar-refractivity contribution is 5.85. The van der Waals surface area contributed by atoms with E-state index in [1.54, 1.807) is 29.2 Å². The number of nitrogens with zero attached hydrogens (tertiary/aromatic N) is 3. The third kappa shape index (κ3) is 4.03. The molecule has 0 spiro atoms. The number of carbonyl (C=O) groups excluding carboxylic acids is 1. The number of anilines is 1. The number of carbonyl (C=O) groups is 1. The fraction of sp³-hybridized carbons (Fsp3) is 0.211. The van der Waals surface area contributed by atoms with Crippen molar-refractivity contribution in [2.24, 2.45) is 0 Å². The molecule has 0 radical (unpaired) electrons. The van der Waals surface area contributed by atoms with E-state index in [1.165, 1.54) is 0 Å². The lowest BCUT2D eigenvalue weighted by Gasteiger charge is -2.14. The van der Waals surface area contributed by atoms with E-state index in [0.29, 0.717) is 11.6 Å². The van der Waals surface area contributed by atoms with E-state index in [4.69, 9.17) is 4.74 Å². The third-order valence-electron chi connectivity index (χ3n) is 3.57. The molecule has 128 valence electrons. The molecule has 2 aromatic heterocycles. The van der Waals surface area contributed by atoms with Gasteiger partial charge >= 0.3 is 6.09 Å². The van der Waals surface area contributed by atoms with Crippen LogP contribution in [-0.4, -0.2) is 20.9 Å². The van der Waals surface area contributed by atoms with E-state index in [9.17, 15) is 4.79 Å². The summed E-state index contributed by atoms with van der Waals surface area (Å²) in [4.78, 5) is 16.3. The first-order chi connectivity index (χ1) is 11.9. The smallest absolute Gasteiger partial charge is 0.410 e. The van der Waals surface area contributed by atoms with Crippen LogP contribution in [0.25, 0.3) is 5.69 Å². The lowest BCUT2D eigenvalue weighted by Crippen LogP contribution is -2.19. The van der Waals surface area contributed by atoms with Gasteiger partial charge in [-0.3, -0.25) is 10.3 Å².